The van der Waals surface area contributed by atoms with Gasteiger partial charge in [0.2, 0.25) is 0 Å². The summed E-state index contributed by atoms with van der Waals surface area (Å²) in [5, 5.41) is 11.7. The van der Waals surface area contributed by atoms with Crippen molar-refractivity contribution < 1.29 is 14.6 Å². The van der Waals surface area contributed by atoms with Gasteiger partial charge in [-0.15, -0.1) is 0 Å². The normalized spacial score (nSPS) is 10.9. The van der Waals surface area contributed by atoms with E-state index < -0.39 is 5.97 Å². The quantitative estimate of drug-likeness (QED) is 0.617. The summed E-state index contributed by atoms with van der Waals surface area (Å²) in [6.45, 7) is 3.55. The van der Waals surface area contributed by atoms with E-state index in [2.05, 4.69) is 10.3 Å². The van der Waals surface area contributed by atoms with Crippen molar-refractivity contribution in [1.82, 2.24) is 14.7 Å². The van der Waals surface area contributed by atoms with Crippen LogP contribution >= 0.6 is 0 Å². The highest BCUT2D eigenvalue weighted by Gasteiger charge is 2.05. The predicted molar refractivity (Wildman–Crippen MR) is 94.7 cm³/mol. The Balaban J connectivity index is 1.52. The fourth-order valence-electron chi connectivity index (χ4n) is 2.56. The lowest BCUT2D eigenvalue weighted by Gasteiger charge is -2.06. The van der Waals surface area contributed by atoms with Gasteiger partial charge in [0, 0.05) is 25.5 Å². The van der Waals surface area contributed by atoms with Crippen molar-refractivity contribution in [1.29, 1.82) is 0 Å². The van der Waals surface area contributed by atoms with Crippen LogP contribution in [0.5, 0.6) is 5.75 Å². The third kappa shape index (κ3) is 4.58. The minimum Gasteiger partial charge on any atom is -0.487 e. The van der Waals surface area contributed by atoms with E-state index in [1.807, 2.05) is 60.1 Å². The number of hydrogen-bond acceptors (Lipinski definition) is 4. The van der Waals surface area contributed by atoms with Crippen molar-refractivity contribution in [3.05, 3.63) is 65.6 Å². The summed E-state index contributed by atoms with van der Waals surface area (Å²) in [5.41, 5.74) is 4.05. The maximum atomic E-state index is 10.5. The molecule has 0 spiro atoms. The molecule has 130 valence electrons. The molecule has 2 N–H and O–H groups in total. The zero-order valence-electron chi connectivity index (χ0n) is 14.1. The highest BCUT2D eigenvalue weighted by molar-refractivity contribution is 5.66. The number of carbonyl (C=O) groups is 1. The second-order valence-corrected chi connectivity index (χ2v) is 5.91. The van der Waals surface area contributed by atoms with Crippen molar-refractivity contribution >= 4 is 11.6 Å². The third-order valence-corrected chi connectivity index (χ3v) is 3.88. The van der Waals surface area contributed by atoms with Crippen LogP contribution in [0.15, 0.2) is 48.8 Å². The number of ether oxygens (including phenoxy) is 1. The first-order valence-corrected chi connectivity index (χ1v) is 8.19. The number of pyridine rings is 1. The van der Waals surface area contributed by atoms with Gasteiger partial charge >= 0.3 is 5.97 Å². The standard InChI is InChI=1S/C19H21N3O3/c1-14-3-2-10-22-12-16(21-19(14)22)13-25-17-6-4-15(5-7-17)11-20-9-8-18(23)24/h2-7,10,12,20H,8-9,11,13H2,1H3,(H,23,24). The molecule has 2 aromatic heterocycles. The Morgan fingerprint density at radius 3 is 2.80 bits per heavy atom. The number of aliphatic carboxylic acids is 1. The number of carboxylic acid groups (broad SMARTS) is 1. The molecule has 0 unspecified atom stereocenters. The number of aryl methyl sites for hydroxylation is 1. The number of imidazole rings is 1. The summed E-state index contributed by atoms with van der Waals surface area (Å²) in [5.74, 6) is -0.0125. The summed E-state index contributed by atoms with van der Waals surface area (Å²) in [6.07, 6.45) is 4.08. The molecule has 2 heterocycles. The van der Waals surface area contributed by atoms with Crippen LogP contribution in [0.1, 0.15) is 23.2 Å². The minimum absolute atomic E-state index is 0.125. The molecule has 0 radical (unpaired) electrons. The van der Waals surface area contributed by atoms with E-state index in [1.165, 1.54) is 0 Å². The molecule has 0 saturated heterocycles. The van der Waals surface area contributed by atoms with Crippen molar-refractivity contribution in [2.45, 2.75) is 26.5 Å². The minimum atomic E-state index is -0.793. The molecule has 0 aliphatic heterocycles. The van der Waals surface area contributed by atoms with Crippen LogP contribution in [0.3, 0.4) is 0 Å². The summed E-state index contributed by atoms with van der Waals surface area (Å²) < 4.78 is 7.80. The van der Waals surface area contributed by atoms with Gasteiger partial charge < -0.3 is 19.6 Å². The molecule has 6 nitrogen and oxygen atoms in total. The number of benzene rings is 1. The van der Waals surface area contributed by atoms with Gasteiger partial charge in [-0.2, -0.15) is 0 Å². The van der Waals surface area contributed by atoms with E-state index in [1.54, 1.807) is 0 Å². The average Bonchev–Trinajstić information content (AvgIpc) is 3.02. The topological polar surface area (TPSA) is 75.9 Å². The van der Waals surface area contributed by atoms with E-state index in [0.717, 1.165) is 28.2 Å². The molecule has 6 heteroatoms. The van der Waals surface area contributed by atoms with E-state index in [9.17, 15) is 4.79 Å². The maximum absolute atomic E-state index is 10.5. The lowest BCUT2D eigenvalue weighted by Crippen LogP contribution is -2.17. The summed E-state index contributed by atoms with van der Waals surface area (Å²) in [4.78, 5) is 15.0. The number of nitrogens with one attached hydrogen (secondary N) is 1. The van der Waals surface area contributed by atoms with Crippen molar-refractivity contribution in [2.75, 3.05) is 6.54 Å². The number of fused-ring (bicyclic) bond motifs is 1. The van der Waals surface area contributed by atoms with Gasteiger partial charge in [0.25, 0.3) is 0 Å². The molecule has 0 saturated carbocycles. The molecule has 0 amide bonds. The largest absolute Gasteiger partial charge is 0.487 e. The van der Waals surface area contributed by atoms with E-state index in [0.29, 0.717) is 19.7 Å². The Kier molecular flexibility index (Phi) is 5.30. The number of rotatable bonds is 8. The predicted octanol–water partition coefficient (Wildman–Crippen LogP) is 2.79. The van der Waals surface area contributed by atoms with Crippen molar-refractivity contribution in [3.63, 3.8) is 0 Å². The molecule has 1 aromatic carbocycles. The number of aromatic nitrogens is 2. The summed E-state index contributed by atoms with van der Waals surface area (Å²) in [7, 11) is 0. The van der Waals surface area contributed by atoms with Crippen molar-refractivity contribution in [3.8, 4) is 5.75 Å². The number of nitrogens with zero attached hydrogens (tertiary/aromatic N) is 2. The first-order chi connectivity index (χ1) is 12.1. The first-order valence-electron chi connectivity index (χ1n) is 8.19. The molecular weight excluding hydrogens is 318 g/mol. The van der Waals surface area contributed by atoms with Gasteiger partial charge in [-0.3, -0.25) is 4.79 Å². The molecule has 0 atom stereocenters. The monoisotopic (exact) mass is 339 g/mol. The highest BCUT2D eigenvalue weighted by atomic mass is 16.5. The second-order valence-electron chi connectivity index (χ2n) is 5.91. The zero-order chi connectivity index (χ0) is 17.6. The lowest BCUT2D eigenvalue weighted by molar-refractivity contribution is -0.136. The van der Waals surface area contributed by atoms with Crippen LogP contribution in [0, 0.1) is 6.92 Å². The smallest absolute Gasteiger partial charge is 0.304 e. The summed E-state index contributed by atoms with van der Waals surface area (Å²) in [6, 6.07) is 11.8. The van der Waals surface area contributed by atoms with Crippen LogP contribution in [-0.4, -0.2) is 27.0 Å². The van der Waals surface area contributed by atoms with Crippen LogP contribution in [-0.2, 0) is 17.9 Å². The van der Waals surface area contributed by atoms with Gasteiger partial charge in [0.1, 0.15) is 18.0 Å². The first kappa shape index (κ1) is 17.0. The van der Waals surface area contributed by atoms with E-state index in [-0.39, 0.29) is 6.42 Å². The van der Waals surface area contributed by atoms with Crippen LogP contribution in [0.25, 0.3) is 5.65 Å². The third-order valence-electron chi connectivity index (χ3n) is 3.88. The molecule has 25 heavy (non-hydrogen) atoms. The summed E-state index contributed by atoms with van der Waals surface area (Å²) >= 11 is 0. The maximum Gasteiger partial charge on any atom is 0.304 e. The Hall–Kier alpha value is -2.86. The van der Waals surface area contributed by atoms with Gasteiger partial charge in [0.15, 0.2) is 0 Å². The fraction of sp³-hybridized carbons (Fsp3) is 0.263. The fourth-order valence-corrected chi connectivity index (χ4v) is 2.56. The van der Waals surface area contributed by atoms with Gasteiger partial charge in [-0.05, 0) is 36.2 Å². The van der Waals surface area contributed by atoms with E-state index >= 15 is 0 Å². The molecular formula is C19H21N3O3. The molecule has 0 aliphatic carbocycles. The van der Waals surface area contributed by atoms with Gasteiger partial charge in [0.05, 0.1) is 12.1 Å². The molecule has 0 bridgehead atoms. The second kappa shape index (κ2) is 7.81. The Morgan fingerprint density at radius 1 is 1.28 bits per heavy atom. The molecule has 0 fully saturated rings. The molecule has 3 rings (SSSR count). The van der Waals surface area contributed by atoms with E-state index in [4.69, 9.17) is 9.84 Å². The SMILES string of the molecule is Cc1cccn2cc(COc3ccc(CNCCC(=O)O)cc3)nc12. The molecule has 3 aromatic rings. The van der Waals surface area contributed by atoms with Crippen LogP contribution in [0.4, 0.5) is 0 Å². The van der Waals surface area contributed by atoms with Crippen LogP contribution < -0.4 is 10.1 Å². The van der Waals surface area contributed by atoms with Gasteiger partial charge in [-0.1, -0.05) is 18.2 Å². The Morgan fingerprint density at radius 2 is 2.08 bits per heavy atom. The van der Waals surface area contributed by atoms with Crippen molar-refractivity contribution in [2.24, 2.45) is 0 Å². The highest BCUT2D eigenvalue weighted by Crippen LogP contribution is 2.15. The average molecular weight is 339 g/mol. The number of hydrogen-bond donors (Lipinski definition) is 2. The Bertz CT molecular complexity index is 856. The Labute approximate surface area is 146 Å². The number of carboxylic acids is 1. The molecule has 0 aliphatic rings. The zero-order valence-corrected chi connectivity index (χ0v) is 14.1. The van der Waals surface area contributed by atoms with Crippen LogP contribution in [0.2, 0.25) is 0 Å². The van der Waals surface area contributed by atoms with Gasteiger partial charge in [-0.25, -0.2) is 4.98 Å². The lowest BCUT2D eigenvalue weighted by atomic mass is 10.2.